The average Bonchev–Trinajstić information content (AvgIpc) is 3.64. The Balaban J connectivity index is 1.29. The molecule has 0 bridgehead atoms. The SMILES string of the molecule is CCOC(=O)N1CC[C@@H](NC(=O)c2c[nH]c3c(C4=COC(c5cccc(OCC)c5)O4)ncnc23)C1. The third-order valence-electron chi connectivity index (χ3n) is 5.96. The van der Waals surface area contributed by atoms with Crippen molar-refractivity contribution in [3.63, 3.8) is 0 Å². The molecule has 1 unspecified atom stereocenters. The van der Waals surface area contributed by atoms with E-state index in [-0.39, 0.29) is 18.0 Å². The van der Waals surface area contributed by atoms with Gasteiger partial charge in [-0.05, 0) is 32.4 Å². The van der Waals surface area contributed by atoms with Crippen LogP contribution in [0.3, 0.4) is 0 Å². The number of nitrogens with zero attached hydrogens (tertiary/aromatic N) is 3. The molecular formula is C25H27N5O6. The molecule has 2 N–H and O–H groups in total. The summed E-state index contributed by atoms with van der Waals surface area (Å²) in [5.74, 6) is 0.862. The van der Waals surface area contributed by atoms with Crippen molar-refractivity contribution in [1.29, 1.82) is 0 Å². The number of nitrogens with one attached hydrogen (secondary N) is 2. The first-order valence-electron chi connectivity index (χ1n) is 11.9. The van der Waals surface area contributed by atoms with Crippen molar-refractivity contribution in [3.05, 3.63) is 59.9 Å². The van der Waals surface area contributed by atoms with Crippen LogP contribution in [0.5, 0.6) is 5.75 Å². The van der Waals surface area contributed by atoms with E-state index in [1.807, 2.05) is 31.2 Å². The highest BCUT2D eigenvalue weighted by Gasteiger charge is 2.30. The third kappa shape index (κ3) is 4.64. The Hall–Kier alpha value is -4.28. The summed E-state index contributed by atoms with van der Waals surface area (Å²) in [4.78, 5) is 38.3. The van der Waals surface area contributed by atoms with Crippen LogP contribution < -0.4 is 10.1 Å². The van der Waals surface area contributed by atoms with Gasteiger partial charge in [0.2, 0.25) is 0 Å². The molecule has 0 spiro atoms. The van der Waals surface area contributed by atoms with Gasteiger partial charge in [0.15, 0.2) is 5.76 Å². The van der Waals surface area contributed by atoms with E-state index in [0.29, 0.717) is 60.8 Å². The molecule has 1 fully saturated rings. The molecule has 11 heteroatoms. The average molecular weight is 494 g/mol. The molecule has 1 aromatic carbocycles. The summed E-state index contributed by atoms with van der Waals surface area (Å²) >= 11 is 0. The maximum atomic E-state index is 13.0. The van der Waals surface area contributed by atoms with Crippen LogP contribution in [-0.2, 0) is 14.2 Å². The second-order valence-corrected chi connectivity index (χ2v) is 8.33. The van der Waals surface area contributed by atoms with Crippen molar-refractivity contribution < 1.29 is 28.5 Å². The van der Waals surface area contributed by atoms with Crippen LogP contribution in [0.15, 0.2) is 43.1 Å². The molecule has 1 saturated heterocycles. The summed E-state index contributed by atoms with van der Waals surface area (Å²) in [6, 6.07) is 7.33. The molecule has 2 aliphatic rings. The number of amides is 2. The number of likely N-dealkylation sites (tertiary alicyclic amines) is 1. The Morgan fingerprint density at radius 1 is 1.25 bits per heavy atom. The molecule has 5 rings (SSSR count). The smallest absolute Gasteiger partial charge is 0.409 e. The molecule has 2 amide bonds. The second-order valence-electron chi connectivity index (χ2n) is 8.33. The third-order valence-corrected chi connectivity index (χ3v) is 5.96. The van der Waals surface area contributed by atoms with Gasteiger partial charge in [0, 0.05) is 30.9 Å². The topological polar surface area (TPSA) is 128 Å². The van der Waals surface area contributed by atoms with Crippen molar-refractivity contribution >= 4 is 28.8 Å². The van der Waals surface area contributed by atoms with Gasteiger partial charge in [-0.3, -0.25) is 4.79 Å². The molecule has 188 valence electrons. The monoisotopic (exact) mass is 493 g/mol. The molecule has 36 heavy (non-hydrogen) atoms. The number of rotatable bonds is 7. The lowest BCUT2D eigenvalue weighted by molar-refractivity contribution is -0.0173. The summed E-state index contributed by atoms with van der Waals surface area (Å²) in [5.41, 5.74) is 2.68. The van der Waals surface area contributed by atoms with Crippen LogP contribution >= 0.6 is 0 Å². The Labute approximate surface area is 207 Å². The first kappa shape index (κ1) is 23.5. The van der Waals surface area contributed by atoms with Crippen LogP contribution in [-0.4, -0.2) is 64.2 Å². The molecule has 4 heterocycles. The summed E-state index contributed by atoms with van der Waals surface area (Å²) in [7, 11) is 0. The van der Waals surface area contributed by atoms with Gasteiger partial charge in [-0.1, -0.05) is 12.1 Å². The fourth-order valence-electron chi connectivity index (χ4n) is 4.29. The Kier molecular flexibility index (Phi) is 6.61. The lowest BCUT2D eigenvalue weighted by atomic mass is 10.2. The van der Waals surface area contributed by atoms with Crippen molar-refractivity contribution in [1.82, 2.24) is 25.2 Å². The Morgan fingerprint density at radius 3 is 2.97 bits per heavy atom. The van der Waals surface area contributed by atoms with Crippen molar-refractivity contribution in [2.75, 3.05) is 26.3 Å². The Bertz CT molecular complexity index is 1310. The summed E-state index contributed by atoms with van der Waals surface area (Å²) < 4.78 is 22.4. The van der Waals surface area contributed by atoms with E-state index in [2.05, 4.69) is 20.3 Å². The molecule has 2 atom stereocenters. The lowest BCUT2D eigenvalue weighted by Gasteiger charge is -2.16. The normalized spacial score (nSPS) is 18.9. The first-order valence-corrected chi connectivity index (χ1v) is 11.9. The second kappa shape index (κ2) is 10.1. The van der Waals surface area contributed by atoms with Crippen molar-refractivity contribution in [2.45, 2.75) is 32.6 Å². The number of hydrogen-bond acceptors (Lipinski definition) is 8. The zero-order chi connectivity index (χ0) is 25.1. The highest BCUT2D eigenvalue weighted by molar-refractivity contribution is 6.06. The number of ether oxygens (including phenoxy) is 4. The van der Waals surface area contributed by atoms with Gasteiger partial charge >= 0.3 is 6.09 Å². The minimum absolute atomic E-state index is 0.171. The maximum absolute atomic E-state index is 13.0. The van der Waals surface area contributed by atoms with Crippen LogP contribution in [0.2, 0.25) is 0 Å². The van der Waals surface area contributed by atoms with E-state index >= 15 is 0 Å². The molecule has 0 radical (unpaired) electrons. The zero-order valence-corrected chi connectivity index (χ0v) is 20.0. The zero-order valence-electron chi connectivity index (χ0n) is 20.0. The maximum Gasteiger partial charge on any atom is 0.409 e. The number of fused-ring (bicyclic) bond motifs is 1. The molecule has 0 aliphatic carbocycles. The van der Waals surface area contributed by atoms with E-state index in [0.717, 1.165) is 11.3 Å². The van der Waals surface area contributed by atoms with E-state index in [1.54, 1.807) is 18.0 Å². The predicted octanol–water partition coefficient (Wildman–Crippen LogP) is 3.36. The van der Waals surface area contributed by atoms with E-state index < -0.39 is 6.29 Å². The summed E-state index contributed by atoms with van der Waals surface area (Å²) in [6.07, 6.45) is 4.12. The standard InChI is InChI=1S/C25H27N5O6/c1-3-33-17-7-5-6-15(10-17)24-35-13-19(36-24)21-22-20(27-14-28-21)18(11-26-22)23(31)29-16-8-9-30(12-16)25(32)34-4-2/h5-7,10-11,13-14,16,24,26H,3-4,8-9,12H2,1-2H3,(H,29,31)/t16-,24?/m1/s1. The molecular weight excluding hydrogens is 466 g/mol. The largest absolute Gasteiger partial charge is 0.494 e. The number of benzene rings is 1. The van der Waals surface area contributed by atoms with E-state index in [1.165, 1.54) is 12.6 Å². The van der Waals surface area contributed by atoms with Crippen LogP contribution in [0, 0.1) is 0 Å². The summed E-state index contributed by atoms with van der Waals surface area (Å²) in [5, 5.41) is 2.98. The number of H-pyrrole nitrogens is 1. The fraction of sp³-hybridized carbons (Fsp3) is 0.360. The number of carbonyl (C=O) groups excluding carboxylic acids is 2. The minimum Gasteiger partial charge on any atom is -0.494 e. The Morgan fingerprint density at radius 2 is 2.14 bits per heavy atom. The van der Waals surface area contributed by atoms with Crippen LogP contribution in [0.4, 0.5) is 4.79 Å². The number of carbonyl (C=O) groups is 2. The number of aromatic amines is 1. The van der Waals surface area contributed by atoms with Gasteiger partial charge in [0.05, 0.1) is 24.3 Å². The quantitative estimate of drug-likeness (QED) is 0.513. The fourth-order valence-corrected chi connectivity index (χ4v) is 4.29. The minimum atomic E-state index is -0.645. The molecule has 2 aliphatic heterocycles. The van der Waals surface area contributed by atoms with Gasteiger partial charge in [-0.25, -0.2) is 14.8 Å². The molecule has 11 nitrogen and oxygen atoms in total. The van der Waals surface area contributed by atoms with Gasteiger partial charge in [0.25, 0.3) is 12.2 Å². The van der Waals surface area contributed by atoms with Gasteiger partial charge in [0.1, 0.15) is 29.5 Å². The number of hydrogen-bond donors (Lipinski definition) is 2. The highest BCUT2D eigenvalue weighted by Crippen LogP contribution is 2.36. The van der Waals surface area contributed by atoms with E-state index in [9.17, 15) is 9.59 Å². The number of aromatic nitrogens is 3. The molecule has 2 aromatic heterocycles. The summed E-state index contributed by atoms with van der Waals surface area (Å²) in [6.45, 7) is 5.49. The lowest BCUT2D eigenvalue weighted by Crippen LogP contribution is -2.38. The van der Waals surface area contributed by atoms with Gasteiger partial charge in [-0.15, -0.1) is 0 Å². The molecule has 0 saturated carbocycles. The first-order chi connectivity index (χ1) is 17.6. The van der Waals surface area contributed by atoms with Crippen LogP contribution in [0.1, 0.15) is 48.2 Å². The van der Waals surface area contributed by atoms with Crippen LogP contribution in [0.25, 0.3) is 16.8 Å². The predicted molar refractivity (Wildman–Crippen MR) is 129 cm³/mol. The van der Waals surface area contributed by atoms with Gasteiger partial charge in [-0.2, -0.15) is 0 Å². The van der Waals surface area contributed by atoms with E-state index in [4.69, 9.17) is 18.9 Å². The van der Waals surface area contributed by atoms with Gasteiger partial charge < -0.3 is 34.1 Å². The van der Waals surface area contributed by atoms with Crippen molar-refractivity contribution in [3.8, 4) is 5.75 Å². The molecule has 3 aromatic rings. The van der Waals surface area contributed by atoms with Crippen molar-refractivity contribution in [2.24, 2.45) is 0 Å². The highest BCUT2D eigenvalue weighted by atomic mass is 16.7.